The van der Waals surface area contributed by atoms with Crippen LogP contribution in [0.25, 0.3) is 0 Å². The minimum Gasteiger partial charge on any atom is -0.444 e. The van der Waals surface area contributed by atoms with E-state index in [1.165, 1.54) is 14.2 Å². The number of amides is 2. The number of carbonyl (C=O) groups excluding carboxylic acids is 2. The number of piperazine rings is 1. The first-order chi connectivity index (χ1) is 12.7. The monoisotopic (exact) mass is 381 g/mol. The van der Waals surface area contributed by atoms with Crippen molar-refractivity contribution in [3.8, 4) is 0 Å². The molecule has 0 N–H and O–H groups in total. The summed E-state index contributed by atoms with van der Waals surface area (Å²) in [6.07, 6.45) is 1.71. The summed E-state index contributed by atoms with van der Waals surface area (Å²) >= 11 is 0. The largest absolute Gasteiger partial charge is 0.444 e. The molecule has 0 radical (unpaired) electrons. The van der Waals surface area contributed by atoms with Crippen LogP contribution < -0.4 is 0 Å². The summed E-state index contributed by atoms with van der Waals surface area (Å²) in [5.74, 6) is -0.410. The van der Waals surface area contributed by atoms with E-state index in [9.17, 15) is 9.59 Å². The Hall–Kier alpha value is -2.20. The van der Waals surface area contributed by atoms with Crippen molar-refractivity contribution in [3.05, 3.63) is 11.7 Å². The molecule has 2 saturated heterocycles. The lowest BCUT2D eigenvalue weighted by molar-refractivity contribution is -0.0765. The molecule has 2 aliphatic heterocycles. The molecule has 1 aromatic heterocycles. The van der Waals surface area contributed by atoms with Crippen LogP contribution in [0.3, 0.4) is 0 Å². The number of carbonyl (C=O) groups is 2. The average Bonchev–Trinajstić information content (AvgIpc) is 3.26. The van der Waals surface area contributed by atoms with Crippen molar-refractivity contribution < 1.29 is 23.7 Å². The van der Waals surface area contributed by atoms with Crippen molar-refractivity contribution in [1.82, 2.24) is 25.0 Å². The zero-order valence-corrected chi connectivity index (χ0v) is 16.5. The second-order valence-corrected chi connectivity index (χ2v) is 7.88. The SMILES string of the molecule is CON(C)C(=O)c1noc([C@@H]2CN3CCC[C@@H]3CN2C(=O)OC(C)(C)C)n1. The molecule has 1 aromatic rings. The van der Waals surface area contributed by atoms with E-state index in [1.807, 2.05) is 20.8 Å². The Bertz CT molecular complexity index is 700. The highest BCUT2D eigenvalue weighted by Gasteiger charge is 2.43. The molecule has 0 bridgehead atoms. The molecular formula is C17H27N5O5. The molecule has 0 aromatic carbocycles. The first kappa shape index (κ1) is 19.6. The molecule has 27 heavy (non-hydrogen) atoms. The fourth-order valence-corrected chi connectivity index (χ4v) is 3.43. The molecule has 150 valence electrons. The number of fused-ring (bicyclic) bond motifs is 1. The number of hydroxylamine groups is 2. The summed E-state index contributed by atoms with van der Waals surface area (Å²) < 4.78 is 10.9. The Morgan fingerprint density at radius 2 is 2.04 bits per heavy atom. The van der Waals surface area contributed by atoms with E-state index < -0.39 is 23.6 Å². The second kappa shape index (κ2) is 7.43. The molecular weight excluding hydrogens is 354 g/mol. The number of rotatable bonds is 3. The number of hydrogen-bond donors (Lipinski definition) is 0. The van der Waals surface area contributed by atoms with Gasteiger partial charge in [0.1, 0.15) is 11.6 Å². The third kappa shape index (κ3) is 4.22. The molecule has 3 rings (SSSR count). The van der Waals surface area contributed by atoms with Crippen LogP contribution in [-0.4, -0.2) is 82.4 Å². The van der Waals surface area contributed by atoms with E-state index in [4.69, 9.17) is 14.1 Å². The minimum atomic E-state index is -0.606. The maximum atomic E-state index is 12.8. The number of ether oxygens (including phenoxy) is 1. The molecule has 2 aliphatic rings. The van der Waals surface area contributed by atoms with Gasteiger partial charge in [0.15, 0.2) is 0 Å². The first-order valence-electron chi connectivity index (χ1n) is 9.09. The van der Waals surface area contributed by atoms with Crippen molar-refractivity contribution in [1.29, 1.82) is 0 Å². The van der Waals surface area contributed by atoms with Gasteiger partial charge >= 0.3 is 12.0 Å². The topological polar surface area (TPSA) is 101 Å². The van der Waals surface area contributed by atoms with Crippen molar-refractivity contribution in [2.45, 2.75) is 51.3 Å². The van der Waals surface area contributed by atoms with Crippen LogP contribution in [0, 0.1) is 0 Å². The molecule has 10 heteroatoms. The van der Waals surface area contributed by atoms with Gasteiger partial charge in [0.25, 0.3) is 11.7 Å². The van der Waals surface area contributed by atoms with Gasteiger partial charge in [-0.3, -0.25) is 19.4 Å². The van der Waals surface area contributed by atoms with Crippen molar-refractivity contribution >= 4 is 12.0 Å². The van der Waals surface area contributed by atoms with Crippen molar-refractivity contribution in [2.24, 2.45) is 0 Å². The highest BCUT2D eigenvalue weighted by molar-refractivity contribution is 5.89. The highest BCUT2D eigenvalue weighted by Crippen LogP contribution is 2.33. The number of nitrogens with zero attached hydrogens (tertiary/aromatic N) is 5. The predicted molar refractivity (Wildman–Crippen MR) is 93.7 cm³/mol. The molecule has 0 unspecified atom stereocenters. The van der Waals surface area contributed by atoms with Gasteiger partial charge in [0.05, 0.1) is 7.11 Å². The first-order valence-corrected chi connectivity index (χ1v) is 9.09. The fraction of sp³-hybridized carbons (Fsp3) is 0.765. The summed E-state index contributed by atoms with van der Waals surface area (Å²) in [5, 5.41) is 4.77. The van der Waals surface area contributed by atoms with Crippen molar-refractivity contribution in [3.63, 3.8) is 0 Å². The number of aromatic nitrogens is 2. The van der Waals surface area contributed by atoms with Crippen molar-refractivity contribution in [2.75, 3.05) is 33.8 Å². The van der Waals surface area contributed by atoms with Gasteiger partial charge in [-0.2, -0.15) is 4.98 Å². The van der Waals surface area contributed by atoms with E-state index in [0.29, 0.717) is 19.1 Å². The standard InChI is InChI=1S/C17H27N5O5/c1-17(2,3)26-16(24)22-9-11-7-6-8-21(11)10-12(22)14-18-13(19-27-14)15(23)20(4)25-5/h11-12H,6-10H2,1-5H3/t11-,12+/m1/s1. The molecule has 0 saturated carbocycles. The van der Waals surface area contributed by atoms with E-state index >= 15 is 0 Å². The summed E-state index contributed by atoms with van der Waals surface area (Å²) in [4.78, 5) is 38.0. The number of hydrogen-bond acceptors (Lipinski definition) is 8. The van der Waals surface area contributed by atoms with Gasteiger partial charge in [-0.1, -0.05) is 5.16 Å². The van der Waals surface area contributed by atoms with Crippen LogP contribution in [0.5, 0.6) is 0 Å². The Morgan fingerprint density at radius 3 is 2.70 bits per heavy atom. The zero-order chi connectivity index (χ0) is 19.8. The quantitative estimate of drug-likeness (QED) is 0.725. The molecule has 0 aliphatic carbocycles. The third-order valence-corrected chi connectivity index (χ3v) is 4.80. The summed E-state index contributed by atoms with van der Waals surface area (Å²) in [5.41, 5.74) is -0.606. The van der Waals surface area contributed by atoms with E-state index in [-0.39, 0.29) is 11.7 Å². The van der Waals surface area contributed by atoms with Gasteiger partial charge in [0.2, 0.25) is 0 Å². The van der Waals surface area contributed by atoms with E-state index in [2.05, 4.69) is 15.0 Å². The molecule has 2 fully saturated rings. The Balaban J connectivity index is 1.84. The smallest absolute Gasteiger partial charge is 0.411 e. The zero-order valence-electron chi connectivity index (χ0n) is 16.5. The normalized spacial score (nSPS) is 23.2. The lowest BCUT2D eigenvalue weighted by atomic mass is 10.1. The lowest BCUT2D eigenvalue weighted by Gasteiger charge is -2.42. The van der Waals surface area contributed by atoms with Crippen LogP contribution in [0.1, 0.15) is 56.2 Å². The molecule has 2 atom stereocenters. The Kier molecular flexibility index (Phi) is 5.38. The van der Waals surface area contributed by atoms with Gasteiger partial charge in [-0.25, -0.2) is 9.86 Å². The van der Waals surface area contributed by atoms with Gasteiger partial charge in [0, 0.05) is 26.2 Å². The molecule has 3 heterocycles. The maximum absolute atomic E-state index is 12.8. The third-order valence-electron chi connectivity index (χ3n) is 4.80. The minimum absolute atomic E-state index is 0.109. The van der Waals surface area contributed by atoms with Crippen LogP contribution in [-0.2, 0) is 9.57 Å². The molecule has 0 spiro atoms. The van der Waals surface area contributed by atoms with E-state index in [1.54, 1.807) is 4.90 Å². The summed E-state index contributed by atoms with van der Waals surface area (Å²) in [6.45, 7) is 7.56. The van der Waals surface area contributed by atoms with Crippen LogP contribution >= 0.6 is 0 Å². The second-order valence-electron chi connectivity index (χ2n) is 7.88. The van der Waals surface area contributed by atoms with Gasteiger partial charge in [-0.15, -0.1) is 0 Å². The Labute approximate surface area is 158 Å². The summed E-state index contributed by atoms with van der Waals surface area (Å²) in [7, 11) is 2.83. The molecule has 2 amide bonds. The molecule has 10 nitrogen and oxygen atoms in total. The van der Waals surface area contributed by atoms with Crippen LogP contribution in [0.4, 0.5) is 4.79 Å². The van der Waals surface area contributed by atoms with Gasteiger partial charge < -0.3 is 9.26 Å². The van der Waals surface area contributed by atoms with Crippen LogP contribution in [0.15, 0.2) is 4.52 Å². The van der Waals surface area contributed by atoms with Gasteiger partial charge in [-0.05, 0) is 40.2 Å². The highest BCUT2D eigenvalue weighted by atomic mass is 16.7. The lowest BCUT2D eigenvalue weighted by Crippen LogP contribution is -2.54. The Morgan fingerprint density at radius 1 is 1.30 bits per heavy atom. The fourth-order valence-electron chi connectivity index (χ4n) is 3.43. The van der Waals surface area contributed by atoms with Crippen LogP contribution in [0.2, 0.25) is 0 Å². The predicted octanol–water partition coefficient (Wildman–Crippen LogP) is 1.46. The summed E-state index contributed by atoms with van der Waals surface area (Å²) in [6, 6.07) is -0.159. The maximum Gasteiger partial charge on any atom is 0.411 e. The van der Waals surface area contributed by atoms with E-state index in [0.717, 1.165) is 24.4 Å². The average molecular weight is 381 g/mol.